The van der Waals surface area contributed by atoms with Crippen LogP contribution in [0.15, 0.2) is 54.6 Å². The summed E-state index contributed by atoms with van der Waals surface area (Å²) in [5.74, 6) is -1.19. The zero-order valence-corrected chi connectivity index (χ0v) is 18.1. The Morgan fingerprint density at radius 2 is 1.41 bits per heavy atom. The first-order valence-corrected chi connectivity index (χ1v) is 10.9. The van der Waals surface area contributed by atoms with Crippen LogP contribution in [-0.4, -0.2) is 23.2 Å². The van der Waals surface area contributed by atoms with Gasteiger partial charge in [-0.1, -0.05) is 88.9 Å². The van der Waals surface area contributed by atoms with Gasteiger partial charge in [0.1, 0.15) is 11.5 Å². The van der Waals surface area contributed by atoms with Gasteiger partial charge in [-0.05, 0) is 11.6 Å². The smallest absolute Gasteiger partial charge is 0.283 e. The predicted octanol–water partition coefficient (Wildman–Crippen LogP) is 5.89. The molecule has 0 aliphatic rings. The molecular formula is C19H12Cl4O5S. The Balaban J connectivity index is 2.70. The lowest BCUT2D eigenvalue weighted by molar-refractivity contribution is 0.439. The molecule has 0 spiro atoms. The van der Waals surface area contributed by atoms with E-state index in [0.29, 0.717) is 0 Å². The van der Waals surface area contributed by atoms with Gasteiger partial charge in [-0.25, -0.2) is 0 Å². The third-order valence-electron chi connectivity index (χ3n) is 4.42. The predicted molar refractivity (Wildman–Crippen MR) is 114 cm³/mol. The Bertz CT molecular complexity index is 1170. The van der Waals surface area contributed by atoms with Crippen LogP contribution in [0.3, 0.4) is 0 Å². The second kappa shape index (κ2) is 7.87. The average molecular weight is 494 g/mol. The molecule has 29 heavy (non-hydrogen) atoms. The van der Waals surface area contributed by atoms with Crippen molar-refractivity contribution in [3.05, 3.63) is 91.4 Å². The number of rotatable bonds is 4. The van der Waals surface area contributed by atoms with Crippen LogP contribution in [0.5, 0.6) is 11.5 Å². The molecule has 0 amide bonds. The minimum atomic E-state index is -5.16. The first-order valence-electron chi connectivity index (χ1n) is 7.91. The fourth-order valence-corrected chi connectivity index (χ4v) is 5.68. The second-order valence-corrected chi connectivity index (χ2v) is 9.17. The van der Waals surface area contributed by atoms with Gasteiger partial charge in [0.2, 0.25) is 0 Å². The topological polar surface area (TPSA) is 94.8 Å². The van der Waals surface area contributed by atoms with Crippen LogP contribution in [0, 0.1) is 0 Å². The van der Waals surface area contributed by atoms with E-state index < -0.39 is 37.0 Å². The van der Waals surface area contributed by atoms with Crippen LogP contribution < -0.4 is 0 Å². The molecule has 3 rings (SSSR count). The Kier molecular flexibility index (Phi) is 5.98. The summed E-state index contributed by atoms with van der Waals surface area (Å²) < 4.78 is 34.0. The minimum Gasteiger partial charge on any atom is -0.506 e. The maximum Gasteiger partial charge on any atom is 0.283 e. The summed E-state index contributed by atoms with van der Waals surface area (Å²) in [5, 5.41) is 19.7. The van der Waals surface area contributed by atoms with Gasteiger partial charge in [0.05, 0.1) is 20.1 Å². The molecule has 152 valence electrons. The number of hydrogen-bond acceptors (Lipinski definition) is 4. The highest BCUT2D eigenvalue weighted by Crippen LogP contribution is 2.55. The van der Waals surface area contributed by atoms with Crippen molar-refractivity contribution >= 4 is 56.5 Å². The Morgan fingerprint density at radius 3 is 2.00 bits per heavy atom. The van der Waals surface area contributed by atoms with Crippen molar-refractivity contribution in [2.24, 2.45) is 0 Å². The zero-order chi connectivity index (χ0) is 21.6. The Morgan fingerprint density at radius 1 is 0.793 bits per heavy atom. The molecule has 0 aliphatic heterocycles. The number of phenols is 2. The van der Waals surface area contributed by atoms with Crippen LogP contribution in [0.4, 0.5) is 0 Å². The fourth-order valence-electron chi connectivity index (χ4n) is 3.22. The molecule has 3 aromatic rings. The maximum absolute atomic E-state index is 13.0. The molecule has 1 atom stereocenters. The van der Waals surface area contributed by atoms with Gasteiger partial charge in [0, 0.05) is 17.2 Å². The molecule has 0 saturated heterocycles. The van der Waals surface area contributed by atoms with Crippen molar-refractivity contribution in [1.82, 2.24) is 0 Å². The number of phenolic OH excluding ortho intramolecular Hbond substituents is 2. The minimum absolute atomic E-state index is 0.0227. The summed E-state index contributed by atoms with van der Waals surface area (Å²) in [6.45, 7) is 0. The van der Waals surface area contributed by atoms with Crippen molar-refractivity contribution in [3.8, 4) is 11.5 Å². The van der Waals surface area contributed by atoms with E-state index in [1.54, 1.807) is 6.07 Å². The molecule has 0 fully saturated rings. The van der Waals surface area contributed by atoms with Crippen molar-refractivity contribution in [2.75, 3.05) is 0 Å². The van der Waals surface area contributed by atoms with Crippen molar-refractivity contribution in [1.29, 1.82) is 0 Å². The lowest BCUT2D eigenvalue weighted by atomic mass is 9.83. The SMILES string of the molecule is O=S(=O)(O)C(c1ccccc1)(c1cccc(Cl)c1O)c1c(Cl)c(O)cc(Cl)c1Cl. The van der Waals surface area contributed by atoms with Crippen molar-refractivity contribution in [3.63, 3.8) is 0 Å². The standard InChI is InChI=1S/C19H12Cl4O5S/c20-12-8-4-7-11(18(12)25)19(29(26,27)28,10-5-2-1-3-6-10)15-16(22)13(21)9-14(24)17(15)23/h1-9,24-25H,(H,26,27,28). The average Bonchev–Trinajstić information content (AvgIpc) is 2.66. The summed E-state index contributed by atoms with van der Waals surface area (Å²) in [5.41, 5.74) is -0.785. The lowest BCUT2D eigenvalue weighted by Gasteiger charge is -2.34. The molecule has 0 aliphatic carbocycles. The van der Waals surface area contributed by atoms with E-state index in [-0.39, 0.29) is 26.2 Å². The molecule has 3 aromatic carbocycles. The van der Waals surface area contributed by atoms with Gasteiger partial charge in [0.25, 0.3) is 10.1 Å². The van der Waals surface area contributed by atoms with Crippen molar-refractivity contribution in [2.45, 2.75) is 4.75 Å². The molecule has 10 heteroatoms. The van der Waals surface area contributed by atoms with Gasteiger partial charge in [-0.15, -0.1) is 0 Å². The second-order valence-electron chi connectivity index (χ2n) is 6.04. The summed E-state index contributed by atoms with van der Waals surface area (Å²) in [7, 11) is -5.16. The number of para-hydroxylation sites is 1. The monoisotopic (exact) mass is 492 g/mol. The van der Waals surface area contributed by atoms with E-state index in [4.69, 9.17) is 46.4 Å². The molecule has 0 saturated carbocycles. The van der Waals surface area contributed by atoms with E-state index in [9.17, 15) is 23.2 Å². The molecule has 0 radical (unpaired) electrons. The summed E-state index contributed by atoms with van der Waals surface area (Å²) in [6.07, 6.45) is 0. The molecule has 0 aromatic heterocycles. The molecule has 0 heterocycles. The van der Waals surface area contributed by atoms with Gasteiger partial charge in [-0.2, -0.15) is 8.42 Å². The molecule has 1 unspecified atom stereocenters. The van der Waals surface area contributed by atoms with Crippen LogP contribution in [-0.2, 0) is 14.9 Å². The molecule has 0 bridgehead atoms. The quantitative estimate of drug-likeness (QED) is 0.239. The Hall–Kier alpha value is -1.67. The van der Waals surface area contributed by atoms with Crippen LogP contribution in [0.25, 0.3) is 0 Å². The van der Waals surface area contributed by atoms with Gasteiger partial charge in [0.15, 0.2) is 4.75 Å². The van der Waals surface area contributed by atoms with Gasteiger partial charge < -0.3 is 10.2 Å². The van der Waals surface area contributed by atoms with E-state index in [2.05, 4.69) is 0 Å². The molecule has 5 nitrogen and oxygen atoms in total. The largest absolute Gasteiger partial charge is 0.506 e. The number of halogens is 4. The van der Waals surface area contributed by atoms with E-state index in [1.165, 1.54) is 42.5 Å². The number of benzene rings is 3. The van der Waals surface area contributed by atoms with Gasteiger partial charge in [-0.3, -0.25) is 4.55 Å². The first kappa shape index (κ1) is 22.0. The summed E-state index contributed by atoms with van der Waals surface area (Å²) in [6, 6.07) is 12.4. The van der Waals surface area contributed by atoms with E-state index in [0.717, 1.165) is 6.07 Å². The third kappa shape index (κ3) is 3.44. The van der Waals surface area contributed by atoms with Crippen LogP contribution in [0.1, 0.15) is 16.7 Å². The fraction of sp³-hybridized carbons (Fsp3) is 0.0526. The Labute approximate surface area is 186 Å². The molecular weight excluding hydrogens is 482 g/mol. The summed E-state index contributed by atoms with van der Waals surface area (Å²) >= 11 is 24.7. The highest BCUT2D eigenvalue weighted by Gasteiger charge is 2.53. The third-order valence-corrected chi connectivity index (χ3v) is 7.33. The highest BCUT2D eigenvalue weighted by atomic mass is 35.5. The zero-order valence-electron chi connectivity index (χ0n) is 14.3. The maximum atomic E-state index is 13.0. The summed E-state index contributed by atoms with van der Waals surface area (Å²) in [4.78, 5) is 0. The molecule has 3 N–H and O–H groups in total. The van der Waals surface area contributed by atoms with Crippen molar-refractivity contribution < 1.29 is 23.2 Å². The van der Waals surface area contributed by atoms with E-state index >= 15 is 0 Å². The number of aromatic hydroxyl groups is 2. The highest BCUT2D eigenvalue weighted by molar-refractivity contribution is 7.87. The van der Waals surface area contributed by atoms with E-state index in [1.807, 2.05) is 0 Å². The normalized spacial score (nSPS) is 13.8. The van der Waals surface area contributed by atoms with Gasteiger partial charge >= 0.3 is 0 Å². The lowest BCUT2D eigenvalue weighted by Crippen LogP contribution is -2.39. The number of hydrogen-bond donors (Lipinski definition) is 3. The van der Waals surface area contributed by atoms with Crippen LogP contribution >= 0.6 is 46.4 Å². The van der Waals surface area contributed by atoms with Crippen LogP contribution in [0.2, 0.25) is 20.1 Å². The first-order chi connectivity index (χ1) is 13.5.